The molecule has 4 aromatic carbocycles. The fraction of sp³-hybridized carbons (Fsp3) is 0.107. The fourth-order valence-electron chi connectivity index (χ4n) is 4.07. The lowest BCUT2D eigenvalue weighted by molar-refractivity contribution is -0.122. The zero-order valence-corrected chi connectivity index (χ0v) is 16.9. The van der Waals surface area contributed by atoms with E-state index in [1.54, 1.807) is 0 Å². The van der Waals surface area contributed by atoms with Gasteiger partial charge in [0.1, 0.15) is 0 Å². The van der Waals surface area contributed by atoms with Gasteiger partial charge < -0.3 is 5.32 Å². The fourth-order valence-corrected chi connectivity index (χ4v) is 4.07. The number of benzene rings is 4. The molecule has 0 aliphatic rings. The van der Waals surface area contributed by atoms with Gasteiger partial charge in [0.2, 0.25) is 5.91 Å². The topological polar surface area (TPSA) is 29.1 Å². The molecule has 30 heavy (non-hydrogen) atoms. The molecule has 0 spiro atoms. The van der Waals surface area contributed by atoms with Crippen LogP contribution in [0.3, 0.4) is 0 Å². The Hall–Kier alpha value is -3.65. The summed E-state index contributed by atoms with van der Waals surface area (Å²) in [6, 6.07) is 41.0. The number of nitrogens with one attached hydrogen (secondary N) is 1. The third-order valence-electron chi connectivity index (χ3n) is 5.56. The summed E-state index contributed by atoms with van der Waals surface area (Å²) in [5.74, 6) is 0.0235. The van der Waals surface area contributed by atoms with E-state index >= 15 is 0 Å². The summed E-state index contributed by atoms with van der Waals surface area (Å²) >= 11 is 0. The van der Waals surface area contributed by atoms with E-state index in [0.717, 1.165) is 22.3 Å². The van der Waals surface area contributed by atoms with E-state index in [-0.39, 0.29) is 5.91 Å². The van der Waals surface area contributed by atoms with E-state index in [1.807, 2.05) is 84.9 Å². The molecule has 1 amide bonds. The zero-order valence-electron chi connectivity index (χ0n) is 16.9. The Morgan fingerprint density at radius 1 is 0.567 bits per heavy atom. The monoisotopic (exact) mass is 391 g/mol. The molecule has 4 rings (SSSR count). The van der Waals surface area contributed by atoms with Crippen molar-refractivity contribution in [2.75, 3.05) is 0 Å². The molecule has 0 aliphatic heterocycles. The summed E-state index contributed by atoms with van der Waals surface area (Å²) < 4.78 is 0. The van der Waals surface area contributed by atoms with Crippen LogP contribution in [-0.4, -0.2) is 5.91 Å². The molecule has 2 nitrogen and oxygen atoms in total. The number of rotatable bonds is 7. The average molecular weight is 392 g/mol. The molecule has 0 aliphatic carbocycles. The van der Waals surface area contributed by atoms with Crippen LogP contribution in [0.1, 0.15) is 28.7 Å². The van der Waals surface area contributed by atoms with E-state index in [2.05, 4.69) is 41.7 Å². The van der Waals surface area contributed by atoms with Gasteiger partial charge in [-0.25, -0.2) is 0 Å². The lowest BCUT2D eigenvalue weighted by atomic mass is 9.67. The predicted octanol–water partition coefficient (Wildman–Crippen LogP) is 5.73. The molecule has 148 valence electrons. The van der Waals surface area contributed by atoms with Gasteiger partial charge in [-0.1, -0.05) is 121 Å². The molecule has 2 heteroatoms. The first kappa shape index (κ1) is 19.7. The summed E-state index contributed by atoms with van der Waals surface area (Å²) in [5, 5.41) is 3.12. The van der Waals surface area contributed by atoms with Crippen LogP contribution in [0.5, 0.6) is 0 Å². The van der Waals surface area contributed by atoms with Crippen molar-refractivity contribution in [2.45, 2.75) is 18.4 Å². The minimum atomic E-state index is -0.565. The average Bonchev–Trinajstić information content (AvgIpc) is 2.83. The lowest BCUT2D eigenvalue weighted by Crippen LogP contribution is -2.36. The second-order valence-electron chi connectivity index (χ2n) is 7.44. The van der Waals surface area contributed by atoms with Gasteiger partial charge in [-0.3, -0.25) is 4.79 Å². The normalized spacial score (nSPS) is 11.1. The molecule has 0 saturated carbocycles. The van der Waals surface area contributed by atoms with Crippen molar-refractivity contribution in [3.05, 3.63) is 144 Å². The maximum Gasteiger partial charge on any atom is 0.221 e. The van der Waals surface area contributed by atoms with Crippen molar-refractivity contribution in [3.8, 4) is 0 Å². The first-order valence-corrected chi connectivity index (χ1v) is 10.3. The summed E-state index contributed by atoms with van der Waals surface area (Å²) in [6.45, 7) is 0.522. The molecule has 4 aromatic rings. The van der Waals surface area contributed by atoms with Crippen molar-refractivity contribution in [1.29, 1.82) is 0 Å². The Morgan fingerprint density at radius 3 is 1.33 bits per heavy atom. The zero-order chi connectivity index (χ0) is 20.7. The predicted molar refractivity (Wildman–Crippen MR) is 122 cm³/mol. The van der Waals surface area contributed by atoms with Gasteiger partial charge in [0.05, 0.1) is 5.41 Å². The Balaban J connectivity index is 1.76. The summed E-state index contributed by atoms with van der Waals surface area (Å²) in [6.07, 6.45) is 0.331. The van der Waals surface area contributed by atoms with Gasteiger partial charge in [0.25, 0.3) is 0 Å². The van der Waals surface area contributed by atoms with Crippen LogP contribution in [0.2, 0.25) is 0 Å². The van der Waals surface area contributed by atoms with Crippen LogP contribution >= 0.6 is 0 Å². The summed E-state index contributed by atoms with van der Waals surface area (Å²) in [7, 11) is 0. The van der Waals surface area contributed by atoms with Gasteiger partial charge in [-0.05, 0) is 22.3 Å². The highest BCUT2D eigenvalue weighted by Crippen LogP contribution is 2.42. The molecule has 0 aromatic heterocycles. The maximum atomic E-state index is 13.2. The van der Waals surface area contributed by atoms with Crippen LogP contribution in [0.4, 0.5) is 0 Å². The number of carbonyl (C=O) groups is 1. The molecule has 0 bridgehead atoms. The molecular formula is C28H25NO. The van der Waals surface area contributed by atoms with E-state index in [4.69, 9.17) is 0 Å². The molecular weight excluding hydrogens is 366 g/mol. The Labute approximate surface area is 178 Å². The standard InChI is InChI=1S/C28H25NO/c30-27(29-22-23-13-5-1-6-14-23)21-28(24-15-7-2-8-16-24,25-17-9-3-10-18-25)26-19-11-4-12-20-26/h1-20H,21-22H2,(H,29,30). The van der Waals surface area contributed by atoms with Crippen LogP contribution in [-0.2, 0) is 16.8 Å². The van der Waals surface area contributed by atoms with Gasteiger partial charge in [0.15, 0.2) is 0 Å². The van der Waals surface area contributed by atoms with E-state index in [0.29, 0.717) is 13.0 Å². The molecule has 0 unspecified atom stereocenters. The largest absolute Gasteiger partial charge is 0.352 e. The number of hydrogen-bond donors (Lipinski definition) is 1. The Morgan fingerprint density at radius 2 is 0.933 bits per heavy atom. The second-order valence-corrected chi connectivity index (χ2v) is 7.44. The molecule has 0 fully saturated rings. The van der Waals surface area contributed by atoms with Crippen LogP contribution in [0, 0.1) is 0 Å². The van der Waals surface area contributed by atoms with Crippen LogP contribution in [0.25, 0.3) is 0 Å². The molecule has 0 radical (unpaired) electrons. The first-order valence-electron chi connectivity index (χ1n) is 10.3. The first-order chi connectivity index (χ1) is 14.8. The third kappa shape index (κ3) is 4.18. The quantitative estimate of drug-likeness (QED) is 0.401. The van der Waals surface area contributed by atoms with Crippen molar-refractivity contribution >= 4 is 5.91 Å². The summed E-state index contributed by atoms with van der Waals surface area (Å²) in [5.41, 5.74) is 3.85. The molecule has 1 N–H and O–H groups in total. The molecule has 0 saturated heterocycles. The Kier molecular flexibility index (Phi) is 6.05. The molecule has 0 atom stereocenters. The van der Waals surface area contributed by atoms with Crippen LogP contribution in [0.15, 0.2) is 121 Å². The van der Waals surface area contributed by atoms with Crippen molar-refractivity contribution in [2.24, 2.45) is 0 Å². The molecule has 0 heterocycles. The van der Waals surface area contributed by atoms with Crippen LogP contribution < -0.4 is 5.32 Å². The number of hydrogen-bond acceptors (Lipinski definition) is 1. The van der Waals surface area contributed by atoms with Gasteiger partial charge in [-0.2, -0.15) is 0 Å². The van der Waals surface area contributed by atoms with Crippen molar-refractivity contribution < 1.29 is 4.79 Å². The third-order valence-corrected chi connectivity index (χ3v) is 5.56. The second kappa shape index (κ2) is 9.23. The SMILES string of the molecule is O=C(CC(c1ccccc1)(c1ccccc1)c1ccccc1)NCc1ccccc1. The highest BCUT2D eigenvalue weighted by Gasteiger charge is 2.38. The minimum Gasteiger partial charge on any atom is -0.352 e. The van der Waals surface area contributed by atoms with Gasteiger partial charge in [0, 0.05) is 13.0 Å². The minimum absolute atomic E-state index is 0.0235. The van der Waals surface area contributed by atoms with Gasteiger partial charge in [-0.15, -0.1) is 0 Å². The summed E-state index contributed by atoms with van der Waals surface area (Å²) in [4.78, 5) is 13.2. The highest BCUT2D eigenvalue weighted by atomic mass is 16.1. The lowest BCUT2D eigenvalue weighted by Gasteiger charge is -2.35. The maximum absolute atomic E-state index is 13.2. The van der Waals surface area contributed by atoms with E-state index in [9.17, 15) is 4.79 Å². The smallest absolute Gasteiger partial charge is 0.221 e. The van der Waals surface area contributed by atoms with E-state index < -0.39 is 5.41 Å². The number of amides is 1. The van der Waals surface area contributed by atoms with Gasteiger partial charge >= 0.3 is 0 Å². The van der Waals surface area contributed by atoms with Crippen molar-refractivity contribution in [3.63, 3.8) is 0 Å². The Bertz CT molecular complexity index is 964. The number of carbonyl (C=O) groups excluding carboxylic acids is 1. The van der Waals surface area contributed by atoms with Crippen molar-refractivity contribution in [1.82, 2.24) is 5.32 Å². The van der Waals surface area contributed by atoms with E-state index in [1.165, 1.54) is 0 Å². The highest BCUT2D eigenvalue weighted by molar-refractivity contribution is 5.80.